The summed E-state index contributed by atoms with van der Waals surface area (Å²) in [6.45, 7) is 5.18. The van der Waals surface area contributed by atoms with E-state index in [9.17, 15) is 4.79 Å². The standard InChI is InChI=1S/C18H24N4O2/c1-11-10-13(16-12(2)20-21(3)17(16)19-11)18(23)22-8-9-24-15-7-5-4-6-14(15)22/h10,14-15H,4-9H2,1-3H3/t14-,15-/m0/s1. The van der Waals surface area contributed by atoms with E-state index in [4.69, 9.17) is 4.74 Å². The van der Waals surface area contributed by atoms with Crippen LogP contribution in [0.5, 0.6) is 0 Å². The molecule has 2 atom stereocenters. The quantitative estimate of drug-likeness (QED) is 0.806. The Labute approximate surface area is 141 Å². The predicted octanol–water partition coefficient (Wildman–Crippen LogP) is 2.37. The van der Waals surface area contributed by atoms with Crippen molar-refractivity contribution in [3.05, 3.63) is 23.0 Å². The lowest BCUT2D eigenvalue weighted by atomic mass is 9.89. The Morgan fingerprint density at radius 1 is 1.29 bits per heavy atom. The fourth-order valence-electron chi connectivity index (χ4n) is 4.24. The minimum atomic E-state index is 0.0989. The van der Waals surface area contributed by atoms with Gasteiger partial charge in [-0.1, -0.05) is 12.8 Å². The average molecular weight is 328 g/mol. The molecule has 1 saturated heterocycles. The van der Waals surface area contributed by atoms with E-state index in [2.05, 4.69) is 10.1 Å². The van der Waals surface area contributed by atoms with Gasteiger partial charge in [-0.2, -0.15) is 5.10 Å². The van der Waals surface area contributed by atoms with E-state index in [1.807, 2.05) is 31.9 Å². The van der Waals surface area contributed by atoms with Gasteiger partial charge in [0.2, 0.25) is 0 Å². The molecule has 2 aromatic heterocycles. The molecule has 1 aliphatic carbocycles. The number of aryl methyl sites for hydroxylation is 3. The normalized spacial score (nSPS) is 24.2. The number of ether oxygens (including phenoxy) is 1. The largest absolute Gasteiger partial charge is 0.374 e. The van der Waals surface area contributed by atoms with E-state index in [-0.39, 0.29) is 18.1 Å². The maximum Gasteiger partial charge on any atom is 0.255 e. The summed E-state index contributed by atoms with van der Waals surface area (Å²) < 4.78 is 7.68. The minimum absolute atomic E-state index is 0.0989. The molecule has 2 aromatic rings. The number of hydrogen-bond donors (Lipinski definition) is 0. The van der Waals surface area contributed by atoms with Crippen LogP contribution >= 0.6 is 0 Å². The molecule has 1 amide bonds. The predicted molar refractivity (Wildman–Crippen MR) is 91.0 cm³/mol. The van der Waals surface area contributed by atoms with Gasteiger partial charge >= 0.3 is 0 Å². The van der Waals surface area contributed by atoms with Gasteiger partial charge < -0.3 is 9.64 Å². The van der Waals surface area contributed by atoms with Crippen LogP contribution in [0.25, 0.3) is 11.0 Å². The summed E-state index contributed by atoms with van der Waals surface area (Å²) >= 11 is 0. The number of amides is 1. The van der Waals surface area contributed by atoms with Gasteiger partial charge in [0, 0.05) is 19.3 Å². The number of morpholine rings is 1. The van der Waals surface area contributed by atoms with E-state index in [1.54, 1.807) is 4.68 Å². The second kappa shape index (κ2) is 5.84. The van der Waals surface area contributed by atoms with Crippen LogP contribution in [-0.4, -0.2) is 50.9 Å². The molecule has 4 rings (SSSR count). The van der Waals surface area contributed by atoms with Gasteiger partial charge in [0.05, 0.1) is 35.4 Å². The second-order valence-corrected chi connectivity index (χ2v) is 6.98. The molecule has 0 spiro atoms. The fraction of sp³-hybridized carbons (Fsp3) is 0.611. The molecule has 6 nitrogen and oxygen atoms in total. The van der Waals surface area contributed by atoms with E-state index in [1.165, 1.54) is 12.8 Å². The fourth-order valence-corrected chi connectivity index (χ4v) is 4.24. The van der Waals surface area contributed by atoms with Crippen molar-refractivity contribution >= 4 is 16.9 Å². The highest BCUT2D eigenvalue weighted by Gasteiger charge is 2.37. The highest BCUT2D eigenvalue weighted by Crippen LogP contribution is 2.31. The maximum atomic E-state index is 13.4. The second-order valence-electron chi connectivity index (χ2n) is 6.98. The molecule has 24 heavy (non-hydrogen) atoms. The first-order valence-electron chi connectivity index (χ1n) is 8.80. The van der Waals surface area contributed by atoms with Gasteiger partial charge in [-0.25, -0.2) is 4.98 Å². The first-order chi connectivity index (χ1) is 11.6. The van der Waals surface area contributed by atoms with Gasteiger partial charge in [0.15, 0.2) is 5.65 Å². The lowest BCUT2D eigenvalue weighted by molar-refractivity contribution is -0.0752. The van der Waals surface area contributed by atoms with Crippen LogP contribution < -0.4 is 0 Å². The molecule has 1 saturated carbocycles. The summed E-state index contributed by atoms with van der Waals surface area (Å²) in [5, 5.41) is 5.34. The zero-order chi connectivity index (χ0) is 16.8. The van der Waals surface area contributed by atoms with Crippen LogP contribution in [-0.2, 0) is 11.8 Å². The summed E-state index contributed by atoms with van der Waals surface area (Å²) in [4.78, 5) is 20.0. The van der Waals surface area contributed by atoms with Crippen LogP contribution in [0.1, 0.15) is 47.4 Å². The molecule has 0 unspecified atom stereocenters. The molecule has 2 fully saturated rings. The molecule has 3 heterocycles. The zero-order valence-electron chi connectivity index (χ0n) is 14.6. The Kier molecular flexibility index (Phi) is 3.79. The van der Waals surface area contributed by atoms with Crippen molar-refractivity contribution in [3.8, 4) is 0 Å². The van der Waals surface area contributed by atoms with Gasteiger partial charge in [-0.05, 0) is 32.8 Å². The monoisotopic (exact) mass is 328 g/mol. The first-order valence-corrected chi connectivity index (χ1v) is 8.80. The molecule has 0 N–H and O–H groups in total. The summed E-state index contributed by atoms with van der Waals surface area (Å²) in [6.07, 6.45) is 4.67. The van der Waals surface area contributed by atoms with Crippen LogP contribution in [0.2, 0.25) is 0 Å². The van der Waals surface area contributed by atoms with Crippen molar-refractivity contribution in [2.45, 2.75) is 51.7 Å². The Morgan fingerprint density at radius 3 is 2.92 bits per heavy atom. The lowest BCUT2D eigenvalue weighted by Gasteiger charge is -2.43. The van der Waals surface area contributed by atoms with Crippen molar-refractivity contribution < 1.29 is 9.53 Å². The Hall–Kier alpha value is -1.95. The SMILES string of the molecule is Cc1cc(C(=O)N2CCO[C@H]3CCCC[C@@H]32)c2c(C)nn(C)c2n1. The molecular weight excluding hydrogens is 304 g/mol. The number of pyridine rings is 1. The highest BCUT2D eigenvalue weighted by atomic mass is 16.5. The van der Waals surface area contributed by atoms with Crippen LogP contribution in [0.4, 0.5) is 0 Å². The third kappa shape index (κ3) is 2.40. The summed E-state index contributed by atoms with van der Waals surface area (Å²) in [6, 6.07) is 2.12. The number of carbonyl (C=O) groups excluding carboxylic acids is 1. The van der Waals surface area contributed by atoms with Crippen molar-refractivity contribution in [3.63, 3.8) is 0 Å². The molecule has 1 aliphatic heterocycles. The van der Waals surface area contributed by atoms with Crippen LogP contribution in [0.15, 0.2) is 6.07 Å². The van der Waals surface area contributed by atoms with Crippen LogP contribution in [0.3, 0.4) is 0 Å². The van der Waals surface area contributed by atoms with Crippen molar-refractivity contribution in [1.29, 1.82) is 0 Å². The van der Waals surface area contributed by atoms with Crippen LogP contribution in [0, 0.1) is 13.8 Å². The van der Waals surface area contributed by atoms with E-state index < -0.39 is 0 Å². The van der Waals surface area contributed by atoms with E-state index in [0.717, 1.165) is 40.8 Å². The number of nitrogens with zero attached hydrogens (tertiary/aromatic N) is 4. The van der Waals surface area contributed by atoms with Gasteiger partial charge in [0.25, 0.3) is 5.91 Å². The smallest absolute Gasteiger partial charge is 0.255 e. The number of carbonyl (C=O) groups is 1. The zero-order valence-corrected chi connectivity index (χ0v) is 14.6. The molecule has 0 bridgehead atoms. The van der Waals surface area contributed by atoms with Gasteiger partial charge in [-0.15, -0.1) is 0 Å². The molecule has 128 valence electrons. The van der Waals surface area contributed by atoms with Crippen molar-refractivity contribution in [2.24, 2.45) is 7.05 Å². The Bertz CT molecular complexity index is 796. The third-order valence-electron chi connectivity index (χ3n) is 5.32. The molecular formula is C18H24N4O2. The van der Waals surface area contributed by atoms with Gasteiger partial charge in [-0.3, -0.25) is 9.48 Å². The number of aromatic nitrogens is 3. The summed E-state index contributed by atoms with van der Waals surface area (Å²) in [7, 11) is 1.88. The topological polar surface area (TPSA) is 60.3 Å². The maximum absolute atomic E-state index is 13.4. The first kappa shape index (κ1) is 15.6. The number of hydrogen-bond acceptors (Lipinski definition) is 4. The van der Waals surface area contributed by atoms with E-state index >= 15 is 0 Å². The molecule has 2 aliphatic rings. The Balaban J connectivity index is 1.78. The Morgan fingerprint density at radius 2 is 2.08 bits per heavy atom. The minimum Gasteiger partial charge on any atom is -0.374 e. The van der Waals surface area contributed by atoms with Crippen molar-refractivity contribution in [2.75, 3.05) is 13.2 Å². The number of rotatable bonds is 1. The molecule has 6 heteroatoms. The highest BCUT2D eigenvalue weighted by molar-refractivity contribution is 6.06. The summed E-state index contributed by atoms with van der Waals surface area (Å²) in [5.74, 6) is 0.0989. The molecule has 0 aromatic carbocycles. The lowest BCUT2D eigenvalue weighted by Crippen LogP contribution is -2.54. The van der Waals surface area contributed by atoms with Crippen molar-refractivity contribution in [1.82, 2.24) is 19.7 Å². The third-order valence-corrected chi connectivity index (χ3v) is 5.32. The summed E-state index contributed by atoms with van der Waals surface area (Å²) in [5.41, 5.74) is 3.22. The van der Waals surface area contributed by atoms with E-state index in [0.29, 0.717) is 13.2 Å². The molecule has 0 radical (unpaired) electrons. The average Bonchev–Trinajstić information content (AvgIpc) is 2.87. The van der Waals surface area contributed by atoms with Gasteiger partial charge in [0.1, 0.15) is 0 Å². The number of fused-ring (bicyclic) bond motifs is 2.